The number of anilines is 1. The number of nitrogens with one attached hydrogen (secondary N) is 1. The third kappa shape index (κ3) is 5.00. The van der Waals surface area contributed by atoms with Crippen LogP contribution in [0, 0.1) is 13.8 Å². The molecule has 2 amide bonds. The fraction of sp³-hybridized carbons (Fsp3) is 0.333. The molecule has 0 aromatic heterocycles. The van der Waals surface area contributed by atoms with E-state index in [-0.39, 0.29) is 31.1 Å². The highest BCUT2D eigenvalue weighted by Gasteiger charge is 2.32. The Kier molecular flexibility index (Phi) is 5.96. The summed E-state index contributed by atoms with van der Waals surface area (Å²) in [5.74, 6) is 0.602. The molecule has 27 heavy (non-hydrogen) atoms. The molecule has 1 heterocycles. The monoisotopic (exact) mass is 368 g/mol. The number of aryl methyl sites for hydroxylation is 2. The van der Waals surface area contributed by atoms with Crippen LogP contribution < -0.4 is 15.0 Å². The molecule has 142 valence electrons. The maximum atomic E-state index is 12.1. The third-order valence-corrected chi connectivity index (χ3v) is 4.54. The van der Waals surface area contributed by atoms with Crippen LogP contribution in [0.3, 0.4) is 0 Å². The molecule has 6 heteroatoms. The molecule has 0 bridgehead atoms. The number of ether oxygens (including phenoxy) is 2. The van der Waals surface area contributed by atoms with E-state index in [9.17, 15) is 9.59 Å². The number of para-hydroxylation sites is 1. The van der Waals surface area contributed by atoms with Crippen LogP contribution in [0.4, 0.5) is 10.5 Å². The predicted molar refractivity (Wildman–Crippen MR) is 103 cm³/mol. The zero-order valence-electron chi connectivity index (χ0n) is 15.6. The Morgan fingerprint density at radius 2 is 1.96 bits per heavy atom. The van der Waals surface area contributed by atoms with Gasteiger partial charge in [0, 0.05) is 5.69 Å². The van der Waals surface area contributed by atoms with Crippen LogP contribution in [-0.4, -0.2) is 37.8 Å². The SMILES string of the molecule is Cc1ccc(N2CC(CNC(=O)CCOc3ccccc3)OC2=O)cc1C. The average Bonchev–Trinajstić information content (AvgIpc) is 3.04. The fourth-order valence-corrected chi connectivity index (χ4v) is 2.83. The molecule has 2 aromatic carbocycles. The molecular weight excluding hydrogens is 344 g/mol. The van der Waals surface area contributed by atoms with E-state index in [1.165, 1.54) is 5.56 Å². The average molecular weight is 368 g/mol. The van der Waals surface area contributed by atoms with Crippen molar-refractivity contribution in [3.63, 3.8) is 0 Å². The van der Waals surface area contributed by atoms with E-state index < -0.39 is 0 Å². The van der Waals surface area contributed by atoms with Gasteiger partial charge < -0.3 is 14.8 Å². The highest BCUT2D eigenvalue weighted by atomic mass is 16.6. The van der Waals surface area contributed by atoms with Gasteiger partial charge in [-0.15, -0.1) is 0 Å². The van der Waals surface area contributed by atoms with Gasteiger partial charge in [-0.05, 0) is 49.2 Å². The number of hydrogen-bond acceptors (Lipinski definition) is 4. The van der Waals surface area contributed by atoms with Gasteiger partial charge in [-0.2, -0.15) is 0 Å². The first kappa shape index (κ1) is 18.8. The van der Waals surface area contributed by atoms with E-state index in [2.05, 4.69) is 5.32 Å². The lowest BCUT2D eigenvalue weighted by atomic mass is 10.1. The summed E-state index contributed by atoms with van der Waals surface area (Å²) in [6.07, 6.45) is -0.501. The van der Waals surface area contributed by atoms with Crippen molar-refractivity contribution in [3.05, 3.63) is 59.7 Å². The van der Waals surface area contributed by atoms with Crippen molar-refractivity contribution in [2.45, 2.75) is 26.4 Å². The molecule has 1 saturated heterocycles. The van der Waals surface area contributed by atoms with E-state index in [0.717, 1.165) is 17.0 Å². The van der Waals surface area contributed by atoms with Crippen molar-refractivity contribution in [2.24, 2.45) is 0 Å². The van der Waals surface area contributed by atoms with Crippen molar-refractivity contribution in [1.29, 1.82) is 0 Å². The molecular formula is C21H24N2O4. The van der Waals surface area contributed by atoms with E-state index in [4.69, 9.17) is 9.47 Å². The molecule has 3 rings (SSSR count). The fourth-order valence-electron chi connectivity index (χ4n) is 2.83. The summed E-state index contributed by atoms with van der Waals surface area (Å²) in [5.41, 5.74) is 3.11. The molecule has 1 unspecified atom stereocenters. The molecule has 0 radical (unpaired) electrons. The van der Waals surface area contributed by atoms with E-state index in [1.807, 2.05) is 62.4 Å². The zero-order chi connectivity index (χ0) is 19.2. The van der Waals surface area contributed by atoms with Gasteiger partial charge >= 0.3 is 6.09 Å². The molecule has 0 saturated carbocycles. The Hall–Kier alpha value is -3.02. The van der Waals surface area contributed by atoms with Crippen LogP contribution in [0.25, 0.3) is 0 Å². The highest BCUT2D eigenvalue weighted by Crippen LogP contribution is 2.23. The zero-order valence-corrected chi connectivity index (χ0v) is 15.6. The number of nitrogens with zero attached hydrogens (tertiary/aromatic N) is 1. The minimum Gasteiger partial charge on any atom is -0.493 e. The molecule has 1 N–H and O–H groups in total. The van der Waals surface area contributed by atoms with Crippen LogP contribution >= 0.6 is 0 Å². The van der Waals surface area contributed by atoms with Crippen molar-refractivity contribution in [1.82, 2.24) is 5.32 Å². The summed E-state index contributed by atoms with van der Waals surface area (Å²) in [5, 5.41) is 2.80. The van der Waals surface area contributed by atoms with Gasteiger partial charge in [0.15, 0.2) is 0 Å². The minimum absolute atomic E-state index is 0.133. The van der Waals surface area contributed by atoms with Gasteiger partial charge in [-0.3, -0.25) is 9.69 Å². The Morgan fingerprint density at radius 3 is 2.70 bits per heavy atom. The minimum atomic E-state index is -0.384. The van der Waals surface area contributed by atoms with E-state index >= 15 is 0 Å². The first-order valence-electron chi connectivity index (χ1n) is 9.03. The lowest BCUT2D eigenvalue weighted by molar-refractivity contribution is -0.121. The number of carbonyl (C=O) groups excluding carboxylic acids is 2. The Morgan fingerprint density at radius 1 is 1.19 bits per heavy atom. The molecule has 1 atom stereocenters. The van der Waals surface area contributed by atoms with Gasteiger partial charge in [0.2, 0.25) is 5.91 Å². The summed E-state index contributed by atoms with van der Waals surface area (Å²) >= 11 is 0. The van der Waals surface area contributed by atoms with Crippen molar-refractivity contribution < 1.29 is 19.1 Å². The van der Waals surface area contributed by atoms with Crippen molar-refractivity contribution in [2.75, 3.05) is 24.6 Å². The van der Waals surface area contributed by atoms with Crippen LogP contribution in [-0.2, 0) is 9.53 Å². The second-order valence-corrected chi connectivity index (χ2v) is 6.60. The normalized spacial score (nSPS) is 16.1. The van der Waals surface area contributed by atoms with Gasteiger partial charge in [-0.1, -0.05) is 24.3 Å². The number of benzene rings is 2. The van der Waals surface area contributed by atoms with Crippen LogP contribution in [0.2, 0.25) is 0 Å². The Labute approximate surface area is 159 Å². The Bertz CT molecular complexity index is 807. The highest BCUT2D eigenvalue weighted by molar-refractivity contribution is 5.90. The summed E-state index contributed by atoms with van der Waals surface area (Å²) in [4.78, 5) is 25.7. The maximum absolute atomic E-state index is 12.1. The van der Waals surface area contributed by atoms with Crippen LogP contribution in [0.15, 0.2) is 48.5 Å². The molecule has 1 aliphatic rings. The smallest absolute Gasteiger partial charge is 0.414 e. The quantitative estimate of drug-likeness (QED) is 0.815. The molecule has 0 aliphatic carbocycles. The third-order valence-electron chi connectivity index (χ3n) is 4.54. The molecule has 6 nitrogen and oxygen atoms in total. The Balaban J connectivity index is 1.43. The number of cyclic esters (lactones) is 1. The van der Waals surface area contributed by atoms with Gasteiger partial charge in [0.25, 0.3) is 0 Å². The first-order valence-corrected chi connectivity index (χ1v) is 9.03. The second kappa shape index (κ2) is 8.58. The number of amides is 2. The van der Waals surface area contributed by atoms with E-state index in [0.29, 0.717) is 13.2 Å². The van der Waals surface area contributed by atoms with Gasteiger partial charge in [0.05, 0.1) is 26.1 Å². The molecule has 0 spiro atoms. The standard InChI is InChI=1S/C21H24N2O4/c1-15-8-9-17(12-16(15)2)23-14-19(27-21(23)25)13-22-20(24)10-11-26-18-6-4-3-5-7-18/h3-9,12,19H,10-11,13-14H2,1-2H3,(H,22,24). The van der Waals surface area contributed by atoms with Crippen LogP contribution in [0.5, 0.6) is 5.75 Å². The lowest BCUT2D eigenvalue weighted by Crippen LogP contribution is -2.35. The molecule has 1 aliphatic heterocycles. The topological polar surface area (TPSA) is 67.9 Å². The summed E-state index contributed by atoms with van der Waals surface area (Å²) in [6.45, 7) is 5.05. The molecule has 1 fully saturated rings. The van der Waals surface area contributed by atoms with E-state index in [1.54, 1.807) is 4.90 Å². The van der Waals surface area contributed by atoms with Crippen molar-refractivity contribution >= 4 is 17.7 Å². The number of carbonyl (C=O) groups is 2. The predicted octanol–water partition coefficient (Wildman–Crippen LogP) is 3.21. The summed E-state index contributed by atoms with van der Waals surface area (Å²) < 4.78 is 10.9. The summed E-state index contributed by atoms with van der Waals surface area (Å²) in [6, 6.07) is 15.2. The largest absolute Gasteiger partial charge is 0.493 e. The number of hydrogen-bond donors (Lipinski definition) is 1. The summed E-state index contributed by atoms with van der Waals surface area (Å²) in [7, 11) is 0. The second-order valence-electron chi connectivity index (χ2n) is 6.60. The molecule has 2 aromatic rings. The van der Waals surface area contributed by atoms with Gasteiger partial charge in [0.1, 0.15) is 11.9 Å². The van der Waals surface area contributed by atoms with Gasteiger partial charge in [-0.25, -0.2) is 4.79 Å². The lowest BCUT2D eigenvalue weighted by Gasteiger charge is -2.14. The number of rotatable bonds is 7. The first-order chi connectivity index (χ1) is 13.0. The maximum Gasteiger partial charge on any atom is 0.414 e. The van der Waals surface area contributed by atoms with Crippen molar-refractivity contribution in [3.8, 4) is 5.75 Å². The van der Waals surface area contributed by atoms with Crippen LogP contribution in [0.1, 0.15) is 17.5 Å².